The summed E-state index contributed by atoms with van der Waals surface area (Å²) in [6, 6.07) is 0. The predicted octanol–water partition coefficient (Wildman–Crippen LogP) is 4.07. The fraction of sp³-hybridized carbons (Fsp3) is 0.538. The highest BCUT2D eigenvalue weighted by atomic mass is 32.2. The van der Waals surface area contributed by atoms with E-state index in [1.54, 1.807) is 6.08 Å². The third kappa shape index (κ3) is 4.53. The average molecular weight is 278 g/mol. The van der Waals surface area contributed by atoms with Crippen molar-refractivity contribution >= 4 is 11.8 Å². The van der Waals surface area contributed by atoms with E-state index in [-0.39, 0.29) is 13.0 Å². The van der Waals surface area contributed by atoms with Gasteiger partial charge in [0.1, 0.15) is 0 Å². The van der Waals surface area contributed by atoms with Crippen LogP contribution in [0.3, 0.4) is 0 Å². The smallest absolute Gasteiger partial charge is 0.391 e. The van der Waals surface area contributed by atoms with Crippen molar-refractivity contribution in [2.45, 2.75) is 26.4 Å². The first-order chi connectivity index (χ1) is 8.34. The van der Waals surface area contributed by atoms with Gasteiger partial charge in [-0.2, -0.15) is 13.2 Å². The summed E-state index contributed by atoms with van der Waals surface area (Å²) in [5.74, 6) is -0.755. The van der Waals surface area contributed by atoms with Gasteiger partial charge in [0.05, 0.1) is 12.5 Å². The van der Waals surface area contributed by atoms with Crippen LogP contribution in [0.15, 0.2) is 34.3 Å². The molecule has 1 rings (SSSR count). The molecule has 102 valence electrons. The highest BCUT2D eigenvalue weighted by Crippen LogP contribution is 2.34. The van der Waals surface area contributed by atoms with Crippen molar-refractivity contribution in [2.24, 2.45) is 5.92 Å². The molecule has 0 saturated carbocycles. The molecular weight excluding hydrogens is 261 g/mol. The third-order valence-corrected chi connectivity index (χ3v) is 4.07. The van der Waals surface area contributed by atoms with Gasteiger partial charge in [-0.05, 0) is 25.8 Å². The summed E-state index contributed by atoms with van der Waals surface area (Å²) in [6.07, 6.45) is 0.248. The number of alkyl halides is 3. The van der Waals surface area contributed by atoms with E-state index in [4.69, 9.17) is 5.11 Å². The molecule has 0 bridgehead atoms. The largest absolute Gasteiger partial charge is 0.395 e. The summed E-state index contributed by atoms with van der Waals surface area (Å²) >= 11 is 1.47. The Morgan fingerprint density at radius 1 is 1.44 bits per heavy atom. The van der Waals surface area contributed by atoms with Gasteiger partial charge in [-0.15, -0.1) is 11.8 Å². The van der Waals surface area contributed by atoms with Gasteiger partial charge in [-0.3, -0.25) is 0 Å². The molecule has 0 aromatic carbocycles. The topological polar surface area (TPSA) is 20.2 Å². The number of thioether (sulfide) groups is 1. The number of hydrogen-bond acceptors (Lipinski definition) is 2. The molecule has 0 aromatic rings. The molecule has 1 atom stereocenters. The molecule has 0 aliphatic heterocycles. The van der Waals surface area contributed by atoms with E-state index in [1.807, 2.05) is 13.8 Å². The van der Waals surface area contributed by atoms with Crippen LogP contribution in [0.4, 0.5) is 13.2 Å². The second-order valence-corrected chi connectivity index (χ2v) is 5.46. The molecule has 1 aliphatic carbocycles. The van der Waals surface area contributed by atoms with Crippen LogP contribution < -0.4 is 0 Å². The van der Waals surface area contributed by atoms with Crippen LogP contribution in [0.5, 0.6) is 0 Å². The summed E-state index contributed by atoms with van der Waals surface area (Å²) in [7, 11) is 0. The van der Waals surface area contributed by atoms with Gasteiger partial charge < -0.3 is 5.11 Å². The summed E-state index contributed by atoms with van der Waals surface area (Å²) < 4.78 is 37.2. The fourth-order valence-corrected chi connectivity index (χ4v) is 2.47. The SMILES string of the molecule is CC(C)=C(CO)SCC1=CCC(C(F)(F)F)C=C1. The molecule has 0 heterocycles. The van der Waals surface area contributed by atoms with E-state index in [1.165, 1.54) is 23.9 Å². The number of hydrogen-bond donors (Lipinski definition) is 1. The maximum absolute atomic E-state index is 12.4. The molecular formula is C13H17F3OS. The summed E-state index contributed by atoms with van der Waals surface area (Å²) in [5, 5.41) is 9.11. The monoisotopic (exact) mass is 278 g/mol. The van der Waals surface area contributed by atoms with Crippen molar-refractivity contribution in [1.82, 2.24) is 0 Å². The van der Waals surface area contributed by atoms with Gasteiger partial charge in [-0.25, -0.2) is 0 Å². The Bertz CT molecular complexity index is 376. The Morgan fingerprint density at radius 2 is 2.11 bits per heavy atom. The highest BCUT2D eigenvalue weighted by molar-refractivity contribution is 8.03. The van der Waals surface area contributed by atoms with Gasteiger partial charge in [-0.1, -0.05) is 23.8 Å². The fourth-order valence-electron chi connectivity index (χ4n) is 1.53. The molecule has 0 saturated heterocycles. The van der Waals surface area contributed by atoms with E-state index in [0.717, 1.165) is 16.1 Å². The molecule has 5 heteroatoms. The first-order valence-corrected chi connectivity index (χ1v) is 6.67. The Hall–Kier alpha value is -0.680. The quantitative estimate of drug-likeness (QED) is 0.836. The van der Waals surface area contributed by atoms with Crippen molar-refractivity contribution in [3.63, 3.8) is 0 Å². The maximum Gasteiger partial charge on any atom is 0.395 e. The van der Waals surface area contributed by atoms with Crippen molar-refractivity contribution in [3.8, 4) is 0 Å². The van der Waals surface area contributed by atoms with Crippen molar-refractivity contribution in [2.75, 3.05) is 12.4 Å². The Balaban J connectivity index is 2.52. The molecule has 1 nitrogen and oxygen atoms in total. The summed E-state index contributed by atoms with van der Waals surface area (Å²) in [5.41, 5.74) is 1.92. The number of aliphatic hydroxyl groups is 1. The molecule has 18 heavy (non-hydrogen) atoms. The minimum absolute atomic E-state index is 0.0131. The first-order valence-electron chi connectivity index (χ1n) is 5.68. The van der Waals surface area contributed by atoms with Crippen molar-refractivity contribution < 1.29 is 18.3 Å². The molecule has 0 fully saturated rings. The van der Waals surface area contributed by atoms with Crippen LogP contribution in [-0.4, -0.2) is 23.6 Å². The standard InChI is InChI=1S/C13H17F3OS/c1-9(2)12(7-17)18-8-10-3-5-11(6-4-10)13(14,15)16/h3-5,11,17H,6-8H2,1-2H3. The summed E-state index contributed by atoms with van der Waals surface area (Å²) in [6.45, 7) is 3.79. The highest BCUT2D eigenvalue weighted by Gasteiger charge is 2.37. The van der Waals surface area contributed by atoms with Crippen LogP contribution in [0.1, 0.15) is 20.3 Å². The summed E-state index contributed by atoms with van der Waals surface area (Å²) in [4.78, 5) is 0.877. The van der Waals surface area contributed by atoms with Crippen LogP contribution in [-0.2, 0) is 0 Å². The van der Waals surface area contributed by atoms with Crippen LogP contribution in [0.2, 0.25) is 0 Å². The van der Waals surface area contributed by atoms with Crippen LogP contribution in [0.25, 0.3) is 0 Å². The zero-order chi connectivity index (χ0) is 13.8. The zero-order valence-electron chi connectivity index (χ0n) is 10.4. The van der Waals surface area contributed by atoms with Gasteiger partial charge in [0, 0.05) is 10.7 Å². The number of halogens is 3. The van der Waals surface area contributed by atoms with Crippen LogP contribution >= 0.6 is 11.8 Å². The Morgan fingerprint density at radius 3 is 2.50 bits per heavy atom. The van der Waals surface area contributed by atoms with E-state index in [9.17, 15) is 13.2 Å². The lowest BCUT2D eigenvalue weighted by atomic mass is 9.97. The average Bonchev–Trinajstić information content (AvgIpc) is 2.29. The Kier molecular flexibility index (Phi) is 5.53. The lowest BCUT2D eigenvalue weighted by Crippen LogP contribution is -2.21. The van der Waals surface area contributed by atoms with Crippen molar-refractivity contribution in [1.29, 1.82) is 0 Å². The second kappa shape index (κ2) is 6.48. The molecule has 1 unspecified atom stereocenters. The number of rotatable bonds is 4. The predicted molar refractivity (Wildman–Crippen MR) is 69.3 cm³/mol. The normalized spacial score (nSPS) is 19.7. The minimum Gasteiger partial charge on any atom is -0.391 e. The molecule has 1 aliphatic rings. The molecule has 0 aromatic heterocycles. The lowest BCUT2D eigenvalue weighted by molar-refractivity contribution is -0.160. The number of allylic oxidation sites excluding steroid dienone is 4. The van der Waals surface area contributed by atoms with Gasteiger partial charge in [0.25, 0.3) is 0 Å². The maximum atomic E-state index is 12.4. The van der Waals surface area contributed by atoms with Crippen molar-refractivity contribution in [3.05, 3.63) is 34.3 Å². The molecule has 0 spiro atoms. The Labute approximate surface area is 109 Å². The minimum atomic E-state index is -4.15. The van der Waals surface area contributed by atoms with Gasteiger partial charge in [0.2, 0.25) is 0 Å². The molecule has 1 N–H and O–H groups in total. The molecule has 0 radical (unpaired) electrons. The van der Waals surface area contributed by atoms with E-state index >= 15 is 0 Å². The zero-order valence-corrected chi connectivity index (χ0v) is 11.2. The number of aliphatic hydroxyl groups excluding tert-OH is 1. The first kappa shape index (κ1) is 15.4. The van der Waals surface area contributed by atoms with Gasteiger partial charge >= 0.3 is 6.18 Å². The molecule has 0 amide bonds. The third-order valence-electron chi connectivity index (χ3n) is 2.71. The van der Waals surface area contributed by atoms with E-state index < -0.39 is 12.1 Å². The van der Waals surface area contributed by atoms with E-state index in [2.05, 4.69) is 0 Å². The van der Waals surface area contributed by atoms with Crippen LogP contribution in [0, 0.1) is 5.92 Å². The second-order valence-electron chi connectivity index (χ2n) is 4.39. The van der Waals surface area contributed by atoms with E-state index in [0.29, 0.717) is 5.75 Å². The lowest BCUT2D eigenvalue weighted by Gasteiger charge is -2.19. The van der Waals surface area contributed by atoms with Gasteiger partial charge in [0.15, 0.2) is 0 Å².